The molecule has 0 fully saturated rings. The number of nitro groups is 1. The molecule has 0 spiro atoms. The number of amides is 1. The number of non-ortho nitro benzene ring substituents is 1. The molecule has 1 atom stereocenters. The Morgan fingerprint density at radius 3 is 2.55 bits per heavy atom. The van der Waals surface area contributed by atoms with Crippen LogP contribution in [0.2, 0.25) is 0 Å². The predicted molar refractivity (Wildman–Crippen MR) is 127 cm³/mol. The number of hydrogen-bond donors (Lipinski definition) is 2. The number of thiophene rings is 1. The van der Waals surface area contributed by atoms with Crippen LogP contribution in [0.15, 0.2) is 60.7 Å². The highest BCUT2D eigenvalue weighted by Crippen LogP contribution is 2.43. The van der Waals surface area contributed by atoms with Crippen molar-refractivity contribution in [3.63, 3.8) is 0 Å². The summed E-state index contributed by atoms with van der Waals surface area (Å²) >= 11 is 1.30. The summed E-state index contributed by atoms with van der Waals surface area (Å²) in [7, 11) is 1.59. The molecule has 2 aromatic heterocycles. The molecule has 4 rings (SSSR count). The number of anilines is 1. The molecule has 0 aliphatic carbocycles. The van der Waals surface area contributed by atoms with Crippen LogP contribution in [-0.4, -0.2) is 28.0 Å². The fourth-order valence-corrected chi connectivity index (χ4v) is 4.86. The molecule has 4 aromatic rings. The van der Waals surface area contributed by atoms with Crippen LogP contribution >= 0.6 is 11.3 Å². The summed E-state index contributed by atoms with van der Waals surface area (Å²) in [6.45, 7) is 2.18. The Labute approximate surface area is 193 Å². The maximum Gasteiger partial charge on any atom is 0.269 e. The minimum Gasteiger partial charge on any atom is -0.383 e. The van der Waals surface area contributed by atoms with E-state index < -0.39 is 16.9 Å². The molecule has 0 saturated heterocycles. The van der Waals surface area contributed by atoms with Gasteiger partial charge in [0.1, 0.15) is 10.9 Å². The molecule has 0 unspecified atom stereocenters. The van der Waals surface area contributed by atoms with Crippen LogP contribution in [0.4, 0.5) is 11.4 Å². The van der Waals surface area contributed by atoms with Crippen LogP contribution in [0.3, 0.4) is 0 Å². The van der Waals surface area contributed by atoms with Crippen LogP contribution in [-0.2, 0) is 11.3 Å². The highest BCUT2D eigenvalue weighted by molar-refractivity contribution is 7.19. The van der Waals surface area contributed by atoms with Crippen molar-refractivity contribution in [3.8, 4) is 0 Å². The Morgan fingerprint density at radius 1 is 1.21 bits per heavy atom. The van der Waals surface area contributed by atoms with Crippen molar-refractivity contribution in [1.82, 2.24) is 4.98 Å². The van der Waals surface area contributed by atoms with Crippen molar-refractivity contribution >= 4 is 38.8 Å². The topological polar surface area (TPSA) is 115 Å². The van der Waals surface area contributed by atoms with E-state index in [2.05, 4.69) is 10.3 Å². The summed E-state index contributed by atoms with van der Waals surface area (Å²) in [6.07, 6.45) is -0.978. The average molecular weight is 464 g/mol. The Bertz CT molecular complexity index is 1320. The number of ether oxygens (including phenoxy) is 1. The van der Waals surface area contributed by atoms with Gasteiger partial charge in [-0.15, -0.1) is 11.3 Å². The summed E-state index contributed by atoms with van der Waals surface area (Å²) < 4.78 is 5.36. The molecule has 0 bridgehead atoms. The minimum absolute atomic E-state index is 0.102. The Kier molecular flexibility index (Phi) is 6.45. The molecule has 0 aliphatic heterocycles. The Hall–Kier alpha value is -3.66. The van der Waals surface area contributed by atoms with Crippen LogP contribution in [0.5, 0.6) is 0 Å². The number of fused-ring (bicyclic) bond motifs is 1. The van der Waals surface area contributed by atoms with Crippen molar-refractivity contribution < 1.29 is 19.6 Å². The quantitative estimate of drug-likeness (QED) is 0.295. The number of aromatic nitrogens is 1. The normalized spacial score (nSPS) is 12.0. The van der Waals surface area contributed by atoms with Crippen molar-refractivity contribution in [2.75, 3.05) is 12.4 Å². The number of aliphatic hydroxyl groups is 1. The third kappa shape index (κ3) is 4.61. The number of nitro benzene ring substituents is 1. The zero-order valence-corrected chi connectivity index (χ0v) is 18.8. The monoisotopic (exact) mass is 463 g/mol. The van der Waals surface area contributed by atoms with Gasteiger partial charge >= 0.3 is 0 Å². The van der Waals surface area contributed by atoms with Gasteiger partial charge in [0.2, 0.25) is 0 Å². The first-order chi connectivity index (χ1) is 15.9. The van der Waals surface area contributed by atoms with Gasteiger partial charge in [0.05, 0.1) is 22.1 Å². The fourth-order valence-electron chi connectivity index (χ4n) is 3.62. The molecular weight excluding hydrogens is 442 g/mol. The molecule has 8 nitrogen and oxygen atoms in total. The molecule has 2 heterocycles. The van der Waals surface area contributed by atoms with Crippen LogP contribution in [0.1, 0.15) is 38.2 Å². The fraction of sp³-hybridized carbons (Fsp3) is 0.167. The van der Waals surface area contributed by atoms with E-state index in [1.54, 1.807) is 7.11 Å². The van der Waals surface area contributed by atoms with E-state index in [4.69, 9.17) is 4.74 Å². The molecule has 33 heavy (non-hydrogen) atoms. The van der Waals surface area contributed by atoms with Crippen molar-refractivity contribution in [3.05, 3.63) is 98.0 Å². The molecule has 0 saturated carbocycles. The van der Waals surface area contributed by atoms with Gasteiger partial charge in [-0.1, -0.05) is 30.3 Å². The second-order valence-corrected chi connectivity index (χ2v) is 8.48. The van der Waals surface area contributed by atoms with E-state index >= 15 is 0 Å². The van der Waals surface area contributed by atoms with Gasteiger partial charge in [-0.3, -0.25) is 14.9 Å². The number of methoxy groups -OCH3 is 1. The molecule has 2 aromatic carbocycles. The third-order valence-corrected chi connectivity index (χ3v) is 6.28. The number of carbonyl (C=O) groups excluding carboxylic acids is 1. The Morgan fingerprint density at radius 2 is 1.91 bits per heavy atom. The van der Waals surface area contributed by atoms with Crippen molar-refractivity contribution in [1.29, 1.82) is 0 Å². The lowest BCUT2D eigenvalue weighted by atomic mass is 10.0. The summed E-state index contributed by atoms with van der Waals surface area (Å²) in [5.41, 5.74) is 2.92. The first kappa shape index (κ1) is 22.5. The number of nitrogens with one attached hydrogen (secondary N) is 1. The number of hydrogen-bond acceptors (Lipinski definition) is 7. The van der Waals surface area contributed by atoms with Gasteiger partial charge in [0.25, 0.3) is 11.6 Å². The highest BCUT2D eigenvalue weighted by atomic mass is 32.1. The molecule has 1 amide bonds. The largest absolute Gasteiger partial charge is 0.383 e. The predicted octanol–water partition coefficient (Wildman–Crippen LogP) is 4.99. The molecular formula is C24H21N3O5S. The molecule has 168 valence electrons. The number of aliphatic hydroxyl groups excluding tert-OH is 1. The molecule has 2 N–H and O–H groups in total. The van der Waals surface area contributed by atoms with Crippen LogP contribution in [0.25, 0.3) is 10.2 Å². The number of rotatable bonds is 7. The van der Waals surface area contributed by atoms with Crippen LogP contribution < -0.4 is 5.32 Å². The van der Waals surface area contributed by atoms with E-state index in [1.165, 1.54) is 35.6 Å². The van der Waals surface area contributed by atoms with Gasteiger partial charge in [0.15, 0.2) is 0 Å². The van der Waals surface area contributed by atoms with E-state index in [-0.39, 0.29) is 11.3 Å². The lowest BCUT2D eigenvalue weighted by Crippen LogP contribution is -2.14. The Balaban J connectivity index is 1.83. The second kappa shape index (κ2) is 9.45. The third-order valence-electron chi connectivity index (χ3n) is 5.14. The van der Waals surface area contributed by atoms with Crippen LogP contribution in [0, 0.1) is 17.0 Å². The zero-order valence-electron chi connectivity index (χ0n) is 17.9. The summed E-state index contributed by atoms with van der Waals surface area (Å²) in [4.78, 5) is 29.3. The number of nitrogens with zero attached hydrogens (tertiary/aromatic N) is 2. The van der Waals surface area contributed by atoms with Gasteiger partial charge in [-0.25, -0.2) is 4.98 Å². The molecule has 0 aliphatic rings. The maximum atomic E-state index is 13.1. The van der Waals surface area contributed by atoms with Gasteiger partial charge in [-0.2, -0.15) is 0 Å². The lowest BCUT2D eigenvalue weighted by Gasteiger charge is -2.14. The first-order valence-electron chi connectivity index (χ1n) is 10.1. The number of pyridine rings is 1. The van der Waals surface area contributed by atoms with Gasteiger partial charge in [0, 0.05) is 35.9 Å². The lowest BCUT2D eigenvalue weighted by molar-refractivity contribution is -0.384. The highest BCUT2D eigenvalue weighted by Gasteiger charge is 2.25. The van der Waals surface area contributed by atoms with Crippen molar-refractivity contribution in [2.45, 2.75) is 19.6 Å². The molecule has 0 radical (unpaired) electrons. The van der Waals surface area contributed by atoms with Gasteiger partial charge in [-0.05, 0) is 36.2 Å². The van der Waals surface area contributed by atoms with Crippen molar-refractivity contribution in [2.24, 2.45) is 0 Å². The minimum atomic E-state index is -0.978. The van der Waals surface area contributed by atoms with E-state index in [9.17, 15) is 20.0 Å². The van der Waals surface area contributed by atoms with E-state index in [0.29, 0.717) is 33.0 Å². The average Bonchev–Trinajstić information content (AvgIpc) is 3.17. The number of benzene rings is 2. The zero-order chi connectivity index (χ0) is 23.5. The molecule has 9 heteroatoms. The summed E-state index contributed by atoms with van der Waals surface area (Å²) in [6, 6.07) is 16.4. The first-order valence-corrected chi connectivity index (χ1v) is 10.9. The maximum absolute atomic E-state index is 13.1. The number of aryl methyl sites for hydroxylation is 1. The summed E-state index contributed by atoms with van der Waals surface area (Å²) in [5.74, 6) is -0.449. The standard InChI is InChI=1S/C24H21N3O5S/c1-14-12-17(13-32-2)19-20(26-23(29)16-8-10-18(11-9-16)27(30)31)22(33-24(19)25-14)21(28)15-6-4-3-5-7-15/h3-12,21,28H,13H2,1-2H3,(H,26,29)/t21-/m1/s1. The summed E-state index contributed by atoms with van der Waals surface area (Å²) in [5, 5.41) is 25.7. The SMILES string of the molecule is COCc1cc(C)nc2sc([C@H](O)c3ccccc3)c(NC(=O)c3ccc([N+](=O)[O-])cc3)c12. The number of carbonyl (C=O) groups is 1. The smallest absolute Gasteiger partial charge is 0.269 e. The van der Waals surface area contributed by atoms with Gasteiger partial charge < -0.3 is 15.2 Å². The van der Waals surface area contributed by atoms with E-state index in [1.807, 2.05) is 43.3 Å². The second-order valence-electron chi connectivity index (χ2n) is 7.45. The van der Waals surface area contributed by atoms with E-state index in [0.717, 1.165) is 11.3 Å².